The van der Waals surface area contributed by atoms with Gasteiger partial charge in [0.05, 0.1) is 0 Å². The second-order valence-electron chi connectivity index (χ2n) is 8.84. The molecule has 3 rings (SSSR count). The number of ether oxygens (including phenoxy) is 1. The molecule has 0 aromatic heterocycles. The number of para-hydroxylation sites is 1. The monoisotopic (exact) mass is 373 g/mol. The minimum atomic E-state index is -0.278. The van der Waals surface area contributed by atoms with Gasteiger partial charge in [-0.2, -0.15) is 0 Å². The molecule has 5 nitrogen and oxygen atoms in total. The van der Waals surface area contributed by atoms with Crippen LogP contribution in [0.4, 0.5) is 0 Å². The molecule has 0 saturated carbocycles. The van der Waals surface area contributed by atoms with Gasteiger partial charge in [-0.25, -0.2) is 0 Å². The van der Waals surface area contributed by atoms with E-state index >= 15 is 0 Å². The fourth-order valence-corrected chi connectivity index (χ4v) is 4.07. The van der Waals surface area contributed by atoms with Gasteiger partial charge in [-0.3, -0.25) is 14.6 Å². The zero-order valence-corrected chi connectivity index (χ0v) is 17.2. The lowest BCUT2D eigenvalue weighted by Gasteiger charge is -2.44. The van der Waals surface area contributed by atoms with Gasteiger partial charge in [-0.05, 0) is 25.0 Å². The van der Waals surface area contributed by atoms with Crippen molar-refractivity contribution in [3.63, 3.8) is 0 Å². The Morgan fingerprint density at radius 1 is 1.07 bits per heavy atom. The first-order valence-corrected chi connectivity index (χ1v) is 10.4. The highest BCUT2D eigenvalue weighted by Crippen LogP contribution is 2.23. The van der Waals surface area contributed by atoms with Gasteiger partial charge in [-0.1, -0.05) is 39.0 Å². The van der Waals surface area contributed by atoms with Crippen molar-refractivity contribution in [1.29, 1.82) is 0 Å². The van der Waals surface area contributed by atoms with Crippen LogP contribution in [-0.2, 0) is 4.79 Å². The lowest BCUT2D eigenvalue weighted by Crippen LogP contribution is -2.57. The highest BCUT2D eigenvalue weighted by Gasteiger charge is 2.33. The van der Waals surface area contributed by atoms with Crippen molar-refractivity contribution in [3.8, 4) is 5.75 Å². The molecule has 0 N–H and O–H groups in total. The third-order valence-electron chi connectivity index (χ3n) is 5.67. The number of likely N-dealkylation sites (tertiary alicyclic amines) is 1. The molecule has 2 saturated heterocycles. The molecule has 1 aromatic carbocycles. The molecule has 0 radical (unpaired) electrons. The van der Waals surface area contributed by atoms with E-state index in [4.69, 9.17) is 4.74 Å². The van der Waals surface area contributed by atoms with Crippen molar-refractivity contribution >= 4 is 5.91 Å². The SMILES string of the molecule is CC(C)(C)C(=O)N1CCCC(N2CCN(CCOc3ccccc3)CC2)C1. The molecular formula is C22H35N3O2. The van der Waals surface area contributed by atoms with Crippen molar-refractivity contribution in [2.24, 2.45) is 5.41 Å². The summed E-state index contributed by atoms with van der Waals surface area (Å²) in [5.74, 6) is 1.24. The van der Waals surface area contributed by atoms with Gasteiger partial charge in [0, 0.05) is 57.3 Å². The van der Waals surface area contributed by atoms with Crippen LogP contribution in [0.15, 0.2) is 30.3 Å². The van der Waals surface area contributed by atoms with E-state index in [1.807, 2.05) is 51.1 Å². The fraction of sp³-hybridized carbons (Fsp3) is 0.682. The molecule has 5 heteroatoms. The first-order valence-electron chi connectivity index (χ1n) is 10.4. The van der Waals surface area contributed by atoms with E-state index in [-0.39, 0.29) is 5.41 Å². The Balaban J connectivity index is 1.40. The summed E-state index contributed by atoms with van der Waals surface area (Å²) in [4.78, 5) is 19.8. The molecule has 2 heterocycles. The third-order valence-corrected chi connectivity index (χ3v) is 5.67. The number of nitrogens with zero attached hydrogens (tertiary/aromatic N) is 3. The molecule has 1 aromatic rings. The minimum absolute atomic E-state index is 0.278. The first kappa shape index (κ1) is 20.2. The van der Waals surface area contributed by atoms with Crippen molar-refractivity contribution in [3.05, 3.63) is 30.3 Å². The van der Waals surface area contributed by atoms with E-state index in [1.54, 1.807) is 0 Å². The number of benzene rings is 1. The van der Waals surface area contributed by atoms with Crippen LogP contribution in [0, 0.1) is 5.41 Å². The fourth-order valence-electron chi connectivity index (χ4n) is 4.07. The maximum Gasteiger partial charge on any atom is 0.227 e. The van der Waals surface area contributed by atoms with E-state index in [9.17, 15) is 4.79 Å². The Kier molecular flexibility index (Phi) is 6.77. The maximum absolute atomic E-state index is 12.6. The van der Waals surface area contributed by atoms with E-state index in [0.29, 0.717) is 11.9 Å². The van der Waals surface area contributed by atoms with E-state index in [2.05, 4.69) is 14.7 Å². The molecule has 0 spiro atoms. The van der Waals surface area contributed by atoms with Crippen LogP contribution in [0.1, 0.15) is 33.6 Å². The summed E-state index contributed by atoms with van der Waals surface area (Å²) < 4.78 is 5.82. The summed E-state index contributed by atoms with van der Waals surface area (Å²) in [7, 11) is 0. The topological polar surface area (TPSA) is 36.0 Å². The highest BCUT2D eigenvalue weighted by atomic mass is 16.5. The van der Waals surface area contributed by atoms with Gasteiger partial charge in [-0.15, -0.1) is 0 Å². The number of carbonyl (C=O) groups excluding carboxylic acids is 1. The number of amides is 1. The predicted octanol–water partition coefficient (Wildman–Crippen LogP) is 2.72. The van der Waals surface area contributed by atoms with Gasteiger partial charge in [0.1, 0.15) is 12.4 Å². The minimum Gasteiger partial charge on any atom is -0.492 e. The van der Waals surface area contributed by atoms with Crippen molar-refractivity contribution < 1.29 is 9.53 Å². The molecule has 2 aliphatic rings. The second kappa shape index (κ2) is 9.07. The summed E-state index contributed by atoms with van der Waals surface area (Å²) in [5, 5.41) is 0. The summed E-state index contributed by atoms with van der Waals surface area (Å²) in [5.41, 5.74) is -0.278. The van der Waals surface area contributed by atoms with Crippen LogP contribution in [0.25, 0.3) is 0 Å². The van der Waals surface area contributed by atoms with E-state index in [1.165, 1.54) is 6.42 Å². The van der Waals surface area contributed by atoms with Crippen LogP contribution >= 0.6 is 0 Å². The molecule has 2 aliphatic heterocycles. The summed E-state index contributed by atoms with van der Waals surface area (Å²) >= 11 is 0. The Morgan fingerprint density at radius 2 is 1.78 bits per heavy atom. The summed E-state index contributed by atoms with van der Waals surface area (Å²) in [6.07, 6.45) is 2.34. The summed E-state index contributed by atoms with van der Waals surface area (Å²) in [6, 6.07) is 10.6. The lowest BCUT2D eigenvalue weighted by molar-refractivity contribution is -0.141. The highest BCUT2D eigenvalue weighted by molar-refractivity contribution is 5.81. The van der Waals surface area contributed by atoms with Crippen LogP contribution in [0.3, 0.4) is 0 Å². The van der Waals surface area contributed by atoms with Crippen LogP contribution in [0.5, 0.6) is 5.75 Å². The third kappa shape index (κ3) is 5.69. The number of piperazine rings is 1. The number of carbonyl (C=O) groups is 1. The van der Waals surface area contributed by atoms with E-state index in [0.717, 1.165) is 64.6 Å². The van der Waals surface area contributed by atoms with Gasteiger partial charge in [0.2, 0.25) is 5.91 Å². The van der Waals surface area contributed by atoms with Gasteiger partial charge >= 0.3 is 0 Å². The van der Waals surface area contributed by atoms with Crippen molar-refractivity contribution in [1.82, 2.24) is 14.7 Å². The van der Waals surface area contributed by atoms with Crippen LogP contribution in [-0.4, -0.2) is 79.1 Å². The molecule has 150 valence electrons. The average molecular weight is 374 g/mol. The number of hydrogen-bond donors (Lipinski definition) is 0. The molecule has 1 atom stereocenters. The Bertz CT molecular complexity index is 591. The van der Waals surface area contributed by atoms with Crippen molar-refractivity contribution in [2.75, 3.05) is 52.4 Å². The van der Waals surface area contributed by atoms with Gasteiger partial charge < -0.3 is 9.64 Å². The predicted molar refractivity (Wildman–Crippen MR) is 109 cm³/mol. The maximum atomic E-state index is 12.6. The second-order valence-corrected chi connectivity index (χ2v) is 8.84. The molecule has 0 aliphatic carbocycles. The normalized spacial score (nSPS) is 22.6. The lowest BCUT2D eigenvalue weighted by atomic mass is 9.92. The Hall–Kier alpha value is -1.59. The average Bonchev–Trinajstić information content (AvgIpc) is 2.68. The number of piperidine rings is 1. The standard InChI is InChI=1S/C22H35N3O2/c1-22(2,3)21(26)25-11-7-8-19(18-25)24-14-12-23(13-15-24)16-17-27-20-9-5-4-6-10-20/h4-6,9-10,19H,7-8,11-18H2,1-3H3. The number of rotatable bonds is 5. The zero-order valence-electron chi connectivity index (χ0n) is 17.2. The quantitative estimate of drug-likeness (QED) is 0.795. The molecule has 2 fully saturated rings. The molecule has 0 bridgehead atoms. The van der Waals surface area contributed by atoms with Gasteiger partial charge in [0.15, 0.2) is 0 Å². The number of hydrogen-bond acceptors (Lipinski definition) is 4. The molecule has 1 amide bonds. The Labute approximate surface area is 164 Å². The molecule has 27 heavy (non-hydrogen) atoms. The van der Waals surface area contributed by atoms with E-state index < -0.39 is 0 Å². The largest absolute Gasteiger partial charge is 0.492 e. The van der Waals surface area contributed by atoms with Crippen LogP contribution in [0.2, 0.25) is 0 Å². The molecule has 1 unspecified atom stereocenters. The smallest absolute Gasteiger partial charge is 0.227 e. The zero-order chi connectivity index (χ0) is 19.3. The van der Waals surface area contributed by atoms with Crippen LogP contribution < -0.4 is 4.74 Å². The Morgan fingerprint density at radius 3 is 2.44 bits per heavy atom. The van der Waals surface area contributed by atoms with Gasteiger partial charge in [0.25, 0.3) is 0 Å². The summed E-state index contributed by atoms with van der Waals surface area (Å²) in [6.45, 7) is 13.9. The van der Waals surface area contributed by atoms with Crippen molar-refractivity contribution in [2.45, 2.75) is 39.7 Å². The first-order chi connectivity index (χ1) is 12.9. The molecular weight excluding hydrogens is 338 g/mol.